The number of amides is 1. The van der Waals surface area contributed by atoms with E-state index in [0.717, 1.165) is 5.92 Å². The van der Waals surface area contributed by atoms with E-state index < -0.39 is 0 Å². The maximum atomic E-state index is 12.1. The van der Waals surface area contributed by atoms with Crippen LogP contribution in [0.1, 0.15) is 43.0 Å². The molecule has 0 radical (unpaired) electrons. The van der Waals surface area contributed by atoms with E-state index >= 15 is 0 Å². The van der Waals surface area contributed by atoms with E-state index in [-0.39, 0.29) is 11.1 Å². The number of carbonyl (C=O) groups is 1. The lowest BCUT2D eigenvalue weighted by Gasteiger charge is -2.26. The number of hydrazine groups is 1. The first-order valence-electron chi connectivity index (χ1n) is 7.01. The van der Waals surface area contributed by atoms with Gasteiger partial charge in [-0.25, -0.2) is 10.8 Å². The average molecular weight is 297 g/mol. The summed E-state index contributed by atoms with van der Waals surface area (Å²) in [6, 6.07) is 3.13. The molecule has 110 valence electrons. The monoisotopic (exact) mass is 296 g/mol. The van der Waals surface area contributed by atoms with Gasteiger partial charge in [-0.3, -0.25) is 4.79 Å². The molecule has 2 atom stereocenters. The largest absolute Gasteiger partial charge is 0.352 e. The molecule has 0 bridgehead atoms. The van der Waals surface area contributed by atoms with Crippen molar-refractivity contribution in [3.8, 4) is 0 Å². The number of nitrogen functional groups attached to an aromatic ring is 1. The molecule has 0 aromatic carbocycles. The minimum Gasteiger partial charge on any atom is -0.352 e. The van der Waals surface area contributed by atoms with E-state index in [0.29, 0.717) is 23.8 Å². The summed E-state index contributed by atoms with van der Waals surface area (Å²) >= 11 is 5.85. The number of carbonyl (C=O) groups excluding carboxylic acids is 1. The van der Waals surface area contributed by atoms with Gasteiger partial charge < -0.3 is 10.7 Å². The Labute approximate surface area is 124 Å². The van der Waals surface area contributed by atoms with Crippen molar-refractivity contribution in [2.45, 2.75) is 32.6 Å². The van der Waals surface area contributed by atoms with Crippen LogP contribution in [-0.4, -0.2) is 17.4 Å². The third kappa shape index (κ3) is 4.08. The Bertz CT molecular complexity index is 480. The Balaban J connectivity index is 1.93. The van der Waals surface area contributed by atoms with Crippen molar-refractivity contribution in [2.24, 2.45) is 17.7 Å². The first kappa shape index (κ1) is 15.1. The van der Waals surface area contributed by atoms with Crippen LogP contribution in [0.4, 0.5) is 5.82 Å². The van der Waals surface area contributed by atoms with Gasteiger partial charge in [-0.2, -0.15) is 0 Å². The van der Waals surface area contributed by atoms with Crippen molar-refractivity contribution in [2.75, 3.05) is 12.0 Å². The predicted octanol–water partition coefficient (Wildman–Crippen LogP) is 2.58. The normalized spacial score (nSPS) is 22.4. The minimum atomic E-state index is -0.135. The topological polar surface area (TPSA) is 80.0 Å². The number of halogens is 1. The van der Waals surface area contributed by atoms with Crippen LogP contribution in [0, 0.1) is 11.8 Å². The predicted molar refractivity (Wildman–Crippen MR) is 80.5 cm³/mol. The van der Waals surface area contributed by atoms with Gasteiger partial charge in [0.05, 0.1) is 0 Å². The molecule has 2 rings (SSSR count). The van der Waals surface area contributed by atoms with Gasteiger partial charge in [0.15, 0.2) is 0 Å². The van der Waals surface area contributed by atoms with E-state index in [9.17, 15) is 4.79 Å². The molecule has 1 heterocycles. The molecule has 1 aliphatic rings. The second kappa shape index (κ2) is 6.90. The molecule has 1 aromatic rings. The smallest absolute Gasteiger partial charge is 0.251 e. The zero-order chi connectivity index (χ0) is 14.5. The summed E-state index contributed by atoms with van der Waals surface area (Å²) in [6.45, 7) is 2.99. The summed E-state index contributed by atoms with van der Waals surface area (Å²) in [5, 5.41) is 3.22. The molecule has 1 saturated carbocycles. The van der Waals surface area contributed by atoms with Crippen LogP contribution in [0.2, 0.25) is 5.15 Å². The lowest BCUT2D eigenvalue weighted by molar-refractivity contribution is 0.0940. The molecule has 0 saturated heterocycles. The Kier molecular flexibility index (Phi) is 5.20. The van der Waals surface area contributed by atoms with Crippen LogP contribution in [0.3, 0.4) is 0 Å². The van der Waals surface area contributed by atoms with Crippen LogP contribution in [0.5, 0.6) is 0 Å². The highest BCUT2D eigenvalue weighted by molar-refractivity contribution is 6.29. The number of anilines is 1. The maximum Gasteiger partial charge on any atom is 0.251 e. The van der Waals surface area contributed by atoms with Gasteiger partial charge in [0.25, 0.3) is 5.91 Å². The highest BCUT2D eigenvalue weighted by Crippen LogP contribution is 2.28. The summed E-state index contributed by atoms with van der Waals surface area (Å²) in [5.41, 5.74) is 2.87. The first-order chi connectivity index (χ1) is 9.58. The van der Waals surface area contributed by atoms with Crippen LogP contribution in [-0.2, 0) is 0 Å². The second-order valence-corrected chi connectivity index (χ2v) is 5.94. The minimum absolute atomic E-state index is 0.135. The fraction of sp³-hybridized carbons (Fsp3) is 0.571. The molecule has 20 heavy (non-hydrogen) atoms. The number of nitrogens with zero attached hydrogens (tertiary/aromatic N) is 1. The number of rotatable bonds is 4. The van der Waals surface area contributed by atoms with Crippen molar-refractivity contribution in [3.05, 3.63) is 22.8 Å². The molecule has 1 aliphatic carbocycles. The quantitative estimate of drug-likeness (QED) is 0.453. The number of nitrogens with two attached hydrogens (primary N) is 1. The molecular formula is C14H21ClN4O. The summed E-state index contributed by atoms with van der Waals surface area (Å²) in [7, 11) is 0. The van der Waals surface area contributed by atoms with Gasteiger partial charge in [-0.15, -0.1) is 0 Å². The molecule has 1 fully saturated rings. The SMILES string of the molecule is CC1CCCC(CNC(=O)c2cc(Cl)nc(NN)c2)C1. The third-order valence-corrected chi connectivity index (χ3v) is 3.99. The molecular weight excluding hydrogens is 276 g/mol. The lowest BCUT2D eigenvalue weighted by atomic mass is 9.82. The lowest BCUT2D eigenvalue weighted by Crippen LogP contribution is -2.31. The summed E-state index contributed by atoms with van der Waals surface area (Å²) in [6.07, 6.45) is 4.93. The van der Waals surface area contributed by atoms with Gasteiger partial charge in [0.2, 0.25) is 0 Å². The van der Waals surface area contributed by atoms with Crippen molar-refractivity contribution in [1.29, 1.82) is 0 Å². The van der Waals surface area contributed by atoms with Crippen LogP contribution >= 0.6 is 11.6 Å². The molecule has 6 heteroatoms. The fourth-order valence-corrected chi connectivity index (χ4v) is 2.99. The molecule has 5 nitrogen and oxygen atoms in total. The van der Waals surface area contributed by atoms with Crippen molar-refractivity contribution < 1.29 is 4.79 Å². The van der Waals surface area contributed by atoms with Crippen LogP contribution in [0.15, 0.2) is 12.1 Å². The molecule has 0 spiro atoms. The van der Waals surface area contributed by atoms with Crippen LogP contribution in [0.25, 0.3) is 0 Å². The van der Waals surface area contributed by atoms with E-state index in [1.165, 1.54) is 25.7 Å². The Morgan fingerprint density at radius 1 is 1.50 bits per heavy atom. The van der Waals surface area contributed by atoms with Gasteiger partial charge in [0, 0.05) is 12.1 Å². The zero-order valence-corrected chi connectivity index (χ0v) is 12.4. The molecule has 4 N–H and O–H groups in total. The van der Waals surface area contributed by atoms with E-state index in [4.69, 9.17) is 17.4 Å². The highest BCUT2D eigenvalue weighted by Gasteiger charge is 2.19. The number of hydrogen-bond acceptors (Lipinski definition) is 4. The maximum absolute atomic E-state index is 12.1. The summed E-state index contributed by atoms with van der Waals surface area (Å²) in [5.74, 6) is 6.87. The number of pyridine rings is 1. The van der Waals surface area contributed by atoms with E-state index in [2.05, 4.69) is 22.7 Å². The van der Waals surface area contributed by atoms with Gasteiger partial charge >= 0.3 is 0 Å². The Morgan fingerprint density at radius 3 is 3.00 bits per heavy atom. The van der Waals surface area contributed by atoms with Gasteiger partial charge in [-0.1, -0.05) is 31.4 Å². The molecule has 1 amide bonds. The average Bonchev–Trinajstić information content (AvgIpc) is 2.44. The Morgan fingerprint density at radius 2 is 2.30 bits per heavy atom. The third-order valence-electron chi connectivity index (χ3n) is 3.80. The van der Waals surface area contributed by atoms with Gasteiger partial charge in [-0.05, 0) is 36.8 Å². The molecule has 1 aromatic heterocycles. The van der Waals surface area contributed by atoms with Crippen molar-refractivity contribution in [1.82, 2.24) is 10.3 Å². The molecule has 0 aliphatic heterocycles. The number of nitrogens with one attached hydrogen (secondary N) is 2. The highest BCUT2D eigenvalue weighted by atomic mass is 35.5. The van der Waals surface area contributed by atoms with E-state index in [1.807, 2.05) is 0 Å². The Hall–Kier alpha value is -1.33. The standard InChI is InChI=1S/C14H21ClN4O/c1-9-3-2-4-10(5-9)8-17-14(20)11-6-12(15)18-13(7-11)19-16/h6-7,9-10H,2-5,8,16H2,1H3,(H,17,20)(H,18,19). The van der Waals surface area contributed by atoms with Gasteiger partial charge in [0.1, 0.15) is 11.0 Å². The molecule has 2 unspecified atom stereocenters. The summed E-state index contributed by atoms with van der Waals surface area (Å²) in [4.78, 5) is 16.1. The fourth-order valence-electron chi connectivity index (χ4n) is 2.79. The number of aromatic nitrogens is 1. The van der Waals surface area contributed by atoms with Crippen molar-refractivity contribution in [3.63, 3.8) is 0 Å². The van der Waals surface area contributed by atoms with Crippen LogP contribution < -0.4 is 16.6 Å². The first-order valence-corrected chi connectivity index (χ1v) is 7.38. The zero-order valence-electron chi connectivity index (χ0n) is 11.7. The van der Waals surface area contributed by atoms with Crippen molar-refractivity contribution >= 4 is 23.3 Å². The summed E-state index contributed by atoms with van der Waals surface area (Å²) < 4.78 is 0. The number of hydrogen-bond donors (Lipinski definition) is 3. The van der Waals surface area contributed by atoms with E-state index in [1.54, 1.807) is 12.1 Å². The second-order valence-electron chi connectivity index (χ2n) is 5.56.